The third-order valence-electron chi connectivity index (χ3n) is 5.03. The van der Waals surface area contributed by atoms with Crippen molar-refractivity contribution < 1.29 is 4.68 Å². The second kappa shape index (κ2) is 6.94. The van der Waals surface area contributed by atoms with Crippen LogP contribution in [0.5, 0.6) is 0 Å². The fraction of sp³-hybridized carbons (Fsp3) is 0.316. The van der Waals surface area contributed by atoms with E-state index in [1.54, 1.807) is 0 Å². The summed E-state index contributed by atoms with van der Waals surface area (Å²) < 4.78 is 2.06. The van der Waals surface area contributed by atoms with Gasteiger partial charge in [-0.15, -0.1) is 0 Å². The van der Waals surface area contributed by atoms with Gasteiger partial charge in [0.1, 0.15) is 11.6 Å². The zero-order valence-electron chi connectivity index (χ0n) is 14.0. The Kier molecular flexibility index (Phi) is 4.51. The molecule has 0 atom stereocenters. The smallest absolute Gasteiger partial charge is 0.311 e. The molecule has 1 aliphatic heterocycles. The van der Waals surface area contributed by atoms with Gasteiger partial charge in [0.25, 0.3) is 0 Å². The third-order valence-corrected chi connectivity index (χ3v) is 5.28. The van der Waals surface area contributed by atoms with Crippen molar-refractivity contribution in [1.29, 1.82) is 0 Å². The van der Waals surface area contributed by atoms with Crippen molar-refractivity contribution >= 4 is 11.6 Å². The summed E-state index contributed by atoms with van der Waals surface area (Å²) in [5.74, 6) is 0.996. The Morgan fingerprint density at radius 2 is 1.72 bits per heavy atom. The van der Waals surface area contributed by atoms with Gasteiger partial charge in [-0.05, 0) is 49.2 Å². The first-order valence-electron chi connectivity index (χ1n) is 8.60. The fourth-order valence-electron chi connectivity index (χ4n) is 3.71. The summed E-state index contributed by atoms with van der Waals surface area (Å²) in [6.45, 7) is 2.65. The molecule has 5 nitrogen and oxygen atoms in total. The van der Waals surface area contributed by atoms with Crippen LogP contribution in [0.1, 0.15) is 29.8 Å². The van der Waals surface area contributed by atoms with Gasteiger partial charge in [-0.2, -0.15) is 4.68 Å². The average molecular weight is 355 g/mol. The van der Waals surface area contributed by atoms with E-state index in [0.29, 0.717) is 6.54 Å². The van der Waals surface area contributed by atoms with Gasteiger partial charge in [0.05, 0.1) is 5.41 Å². The molecule has 128 valence electrons. The molecule has 25 heavy (non-hydrogen) atoms. The molecule has 2 N–H and O–H groups in total. The van der Waals surface area contributed by atoms with E-state index in [9.17, 15) is 0 Å². The maximum Gasteiger partial charge on any atom is 0.311 e. The predicted molar refractivity (Wildman–Crippen MR) is 96.5 cm³/mol. The highest BCUT2D eigenvalue weighted by Crippen LogP contribution is 2.37. The SMILES string of the molecule is Clc1ccc(C[n+]2[nH]nnc2C2(c3ccccc3)CCNCC2)cc1. The van der Waals surface area contributed by atoms with Crippen LogP contribution >= 0.6 is 11.6 Å². The quantitative estimate of drug-likeness (QED) is 0.708. The van der Waals surface area contributed by atoms with Gasteiger partial charge in [0.15, 0.2) is 5.21 Å². The van der Waals surface area contributed by atoms with Crippen molar-refractivity contribution in [2.45, 2.75) is 24.8 Å². The van der Waals surface area contributed by atoms with Gasteiger partial charge >= 0.3 is 5.82 Å². The van der Waals surface area contributed by atoms with Crippen LogP contribution in [0.15, 0.2) is 54.6 Å². The van der Waals surface area contributed by atoms with Crippen LogP contribution in [0.2, 0.25) is 5.02 Å². The molecule has 1 saturated heterocycles. The van der Waals surface area contributed by atoms with E-state index in [1.165, 1.54) is 11.1 Å². The summed E-state index contributed by atoms with van der Waals surface area (Å²) in [6, 6.07) is 18.6. The Morgan fingerprint density at radius 1 is 1.00 bits per heavy atom. The lowest BCUT2D eigenvalue weighted by atomic mass is 9.72. The number of nitrogens with one attached hydrogen (secondary N) is 2. The van der Waals surface area contributed by atoms with Crippen LogP contribution in [-0.2, 0) is 12.0 Å². The molecule has 3 aromatic rings. The van der Waals surface area contributed by atoms with Crippen molar-refractivity contribution in [3.63, 3.8) is 0 Å². The highest BCUT2D eigenvalue weighted by molar-refractivity contribution is 6.30. The molecule has 0 unspecified atom stereocenters. The zero-order chi connectivity index (χ0) is 17.1. The number of piperidine rings is 1. The molecule has 4 rings (SSSR count). The number of rotatable bonds is 4. The maximum absolute atomic E-state index is 6.00. The lowest BCUT2D eigenvalue weighted by molar-refractivity contribution is -0.756. The number of tetrazole rings is 1. The Hall–Kier alpha value is -2.24. The monoisotopic (exact) mass is 354 g/mol. The van der Waals surface area contributed by atoms with E-state index >= 15 is 0 Å². The number of nitrogens with zero attached hydrogens (tertiary/aromatic N) is 3. The lowest BCUT2D eigenvalue weighted by Crippen LogP contribution is -2.51. The van der Waals surface area contributed by atoms with Crippen molar-refractivity contribution in [2.75, 3.05) is 13.1 Å². The molecule has 0 spiro atoms. The maximum atomic E-state index is 6.00. The number of aromatic nitrogens is 4. The molecule has 0 aliphatic carbocycles. The Morgan fingerprint density at radius 3 is 2.44 bits per heavy atom. The number of halogens is 1. The van der Waals surface area contributed by atoms with Gasteiger partial charge in [-0.25, -0.2) is 0 Å². The summed E-state index contributed by atoms with van der Waals surface area (Å²) in [5.41, 5.74) is 2.35. The van der Waals surface area contributed by atoms with Crippen LogP contribution in [0.25, 0.3) is 0 Å². The van der Waals surface area contributed by atoms with Gasteiger partial charge in [0.2, 0.25) is 0 Å². The summed E-state index contributed by atoms with van der Waals surface area (Å²) >= 11 is 6.00. The van der Waals surface area contributed by atoms with E-state index in [2.05, 4.69) is 55.9 Å². The normalized spacial score (nSPS) is 16.7. The summed E-state index contributed by atoms with van der Waals surface area (Å²) in [7, 11) is 0. The molecular weight excluding hydrogens is 334 g/mol. The zero-order valence-corrected chi connectivity index (χ0v) is 14.7. The molecule has 1 aliphatic rings. The minimum Gasteiger partial charge on any atom is -0.317 e. The van der Waals surface area contributed by atoms with E-state index in [-0.39, 0.29) is 5.41 Å². The summed E-state index contributed by atoms with van der Waals surface area (Å²) in [6.07, 6.45) is 2.01. The van der Waals surface area contributed by atoms with Crippen molar-refractivity contribution in [3.05, 3.63) is 76.6 Å². The molecular formula is C19H21ClN5+. The van der Waals surface area contributed by atoms with Gasteiger partial charge in [-0.1, -0.05) is 59.3 Å². The average Bonchev–Trinajstić information content (AvgIpc) is 3.14. The number of hydrogen-bond donors (Lipinski definition) is 2. The highest BCUT2D eigenvalue weighted by Gasteiger charge is 2.45. The molecule has 1 aromatic heterocycles. The first-order valence-corrected chi connectivity index (χ1v) is 8.98. The fourth-order valence-corrected chi connectivity index (χ4v) is 3.84. The Bertz CT molecular complexity index is 823. The molecule has 0 radical (unpaired) electrons. The minimum atomic E-state index is -0.119. The van der Waals surface area contributed by atoms with E-state index in [1.807, 2.05) is 24.3 Å². The van der Waals surface area contributed by atoms with Crippen LogP contribution in [0, 0.1) is 0 Å². The largest absolute Gasteiger partial charge is 0.317 e. The Balaban J connectivity index is 1.74. The molecule has 0 saturated carbocycles. The molecule has 0 bridgehead atoms. The topological polar surface area (TPSA) is 57.5 Å². The molecule has 1 fully saturated rings. The summed E-state index contributed by atoms with van der Waals surface area (Å²) in [4.78, 5) is 0. The lowest BCUT2D eigenvalue weighted by Gasteiger charge is -2.34. The van der Waals surface area contributed by atoms with Gasteiger partial charge in [0, 0.05) is 5.02 Å². The van der Waals surface area contributed by atoms with E-state index in [0.717, 1.165) is 36.8 Å². The van der Waals surface area contributed by atoms with Gasteiger partial charge < -0.3 is 5.32 Å². The third kappa shape index (κ3) is 3.17. The van der Waals surface area contributed by atoms with Crippen LogP contribution in [-0.4, -0.2) is 28.6 Å². The molecule has 2 heterocycles. The van der Waals surface area contributed by atoms with E-state index in [4.69, 9.17) is 11.6 Å². The van der Waals surface area contributed by atoms with Crippen molar-refractivity contribution in [1.82, 2.24) is 20.8 Å². The second-order valence-corrected chi connectivity index (χ2v) is 6.97. The highest BCUT2D eigenvalue weighted by atomic mass is 35.5. The molecule has 6 heteroatoms. The summed E-state index contributed by atoms with van der Waals surface area (Å²) in [5, 5.41) is 15.9. The van der Waals surface area contributed by atoms with E-state index < -0.39 is 0 Å². The standard InChI is InChI=1S/C19H20ClN5/c20-17-8-6-15(7-9-17)14-25-18(22-23-24-25)19(10-12-21-13-11-19)16-4-2-1-3-5-16/h1-9,21H,10-14H2/p+1. The van der Waals surface area contributed by atoms with Gasteiger partial charge in [-0.3, -0.25) is 0 Å². The first kappa shape index (κ1) is 16.2. The molecule has 2 aromatic carbocycles. The van der Waals surface area contributed by atoms with Crippen LogP contribution in [0.4, 0.5) is 0 Å². The number of benzene rings is 2. The Labute approximate surface area is 152 Å². The van der Waals surface area contributed by atoms with Crippen LogP contribution in [0.3, 0.4) is 0 Å². The van der Waals surface area contributed by atoms with Crippen molar-refractivity contribution in [3.8, 4) is 0 Å². The number of hydrogen-bond acceptors (Lipinski definition) is 3. The first-order chi connectivity index (χ1) is 12.3. The van der Waals surface area contributed by atoms with Crippen molar-refractivity contribution in [2.24, 2.45) is 0 Å². The predicted octanol–water partition coefficient (Wildman–Crippen LogP) is 2.46. The number of aromatic amines is 1. The second-order valence-electron chi connectivity index (χ2n) is 6.53. The van der Waals surface area contributed by atoms with Crippen LogP contribution < -0.4 is 10.00 Å². The molecule has 0 amide bonds. The number of H-pyrrole nitrogens is 1. The minimum absolute atomic E-state index is 0.119.